The van der Waals surface area contributed by atoms with Crippen LogP contribution < -0.4 is 0 Å². The van der Waals surface area contributed by atoms with Crippen LogP contribution in [-0.4, -0.2) is 55.4 Å². The number of likely N-dealkylation sites (N-methyl/N-ethyl adjacent to an activating group) is 2. The third-order valence-corrected chi connectivity index (χ3v) is 3.67. The number of benzene rings is 1. The number of hydrogen-bond donors (Lipinski definition) is 0. The van der Waals surface area contributed by atoms with Gasteiger partial charge in [-0.1, -0.05) is 0 Å². The molecule has 1 saturated heterocycles. The predicted octanol–water partition coefficient (Wildman–Crippen LogP) is 1.92. The molecule has 0 saturated carbocycles. The Morgan fingerprint density at radius 2 is 1.85 bits per heavy atom. The Bertz CT molecular complexity index is 521. The van der Waals surface area contributed by atoms with Gasteiger partial charge in [0.15, 0.2) is 23.2 Å². The van der Waals surface area contributed by atoms with E-state index >= 15 is 0 Å². The lowest BCUT2D eigenvalue weighted by Crippen LogP contribution is -2.44. The quantitative estimate of drug-likeness (QED) is 0.613. The molecule has 1 fully saturated rings. The molecule has 1 atom stereocenters. The molecule has 3 nitrogen and oxygen atoms in total. The molecule has 1 heterocycles. The lowest BCUT2D eigenvalue weighted by Gasteiger charge is -2.26. The van der Waals surface area contributed by atoms with Gasteiger partial charge in [0, 0.05) is 6.54 Å². The van der Waals surface area contributed by atoms with Crippen molar-refractivity contribution < 1.29 is 18.0 Å². The van der Waals surface area contributed by atoms with E-state index in [0.29, 0.717) is 13.1 Å². The minimum absolute atomic E-state index is 0.393. The van der Waals surface area contributed by atoms with Gasteiger partial charge in [-0.05, 0) is 45.7 Å². The van der Waals surface area contributed by atoms with E-state index in [4.69, 9.17) is 0 Å². The number of rotatable bonds is 2. The van der Waals surface area contributed by atoms with Gasteiger partial charge in [0.05, 0.1) is 11.6 Å². The van der Waals surface area contributed by atoms with Crippen LogP contribution in [0.4, 0.5) is 13.2 Å². The minimum Gasteiger partial charge on any atom is -0.304 e. The summed E-state index contributed by atoms with van der Waals surface area (Å²) >= 11 is 0. The van der Waals surface area contributed by atoms with Crippen molar-refractivity contribution in [1.29, 1.82) is 0 Å². The molecule has 1 aliphatic rings. The highest BCUT2D eigenvalue weighted by atomic mass is 19.2. The zero-order chi connectivity index (χ0) is 14.9. The van der Waals surface area contributed by atoms with Crippen LogP contribution in [0.15, 0.2) is 12.1 Å². The number of carbonyl (C=O) groups is 1. The lowest BCUT2D eigenvalue weighted by atomic mass is 10.0. The Kier molecular flexibility index (Phi) is 4.45. The lowest BCUT2D eigenvalue weighted by molar-refractivity contribution is 0.0834. The molecule has 1 aliphatic heterocycles. The van der Waals surface area contributed by atoms with E-state index in [2.05, 4.69) is 0 Å². The topological polar surface area (TPSA) is 23.6 Å². The van der Waals surface area contributed by atoms with Crippen molar-refractivity contribution in [2.45, 2.75) is 12.5 Å². The van der Waals surface area contributed by atoms with Crippen LogP contribution >= 0.6 is 0 Å². The van der Waals surface area contributed by atoms with Crippen molar-refractivity contribution in [2.24, 2.45) is 0 Å². The van der Waals surface area contributed by atoms with Gasteiger partial charge in [-0.25, -0.2) is 13.2 Å². The third-order valence-electron chi connectivity index (χ3n) is 3.67. The maximum atomic E-state index is 13.7. The van der Waals surface area contributed by atoms with Crippen molar-refractivity contribution in [2.75, 3.05) is 33.7 Å². The maximum absolute atomic E-state index is 13.7. The molecular formula is C14H17F3N2O. The first-order valence-corrected chi connectivity index (χ1v) is 6.48. The zero-order valence-electron chi connectivity index (χ0n) is 11.5. The number of nitrogens with zero attached hydrogens (tertiary/aromatic N) is 2. The molecule has 1 aromatic rings. The van der Waals surface area contributed by atoms with Gasteiger partial charge in [0.2, 0.25) is 0 Å². The summed E-state index contributed by atoms with van der Waals surface area (Å²) in [5.41, 5.74) is -0.393. The second kappa shape index (κ2) is 5.93. The van der Waals surface area contributed by atoms with Crippen molar-refractivity contribution >= 4 is 5.78 Å². The van der Waals surface area contributed by atoms with E-state index in [1.165, 1.54) is 0 Å². The maximum Gasteiger partial charge on any atom is 0.195 e. The molecule has 0 radical (unpaired) electrons. The first-order valence-electron chi connectivity index (χ1n) is 6.48. The number of Topliss-reactive ketones (excluding diaryl/α,β-unsaturated/α-hetero) is 1. The molecule has 0 bridgehead atoms. The Balaban J connectivity index is 2.32. The van der Waals surface area contributed by atoms with E-state index in [1.807, 2.05) is 16.8 Å². The molecular weight excluding hydrogens is 269 g/mol. The fourth-order valence-electron chi connectivity index (χ4n) is 2.45. The van der Waals surface area contributed by atoms with Gasteiger partial charge in [-0.15, -0.1) is 0 Å². The van der Waals surface area contributed by atoms with Crippen LogP contribution in [0.2, 0.25) is 0 Å². The smallest absolute Gasteiger partial charge is 0.195 e. The summed E-state index contributed by atoms with van der Waals surface area (Å²) in [4.78, 5) is 16.2. The number of carbonyl (C=O) groups excluding carboxylic acids is 1. The molecule has 1 aromatic carbocycles. The Hall–Kier alpha value is -1.40. The van der Waals surface area contributed by atoms with Crippen LogP contribution in [-0.2, 0) is 0 Å². The highest BCUT2D eigenvalue weighted by Gasteiger charge is 2.30. The van der Waals surface area contributed by atoms with Crippen LogP contribution in [0.5, 0.6) is 0 Å². The van der Waals surface area contributed by atoms with Gasteiger partial charge in [-0.3, -0.25) is 9.69 Å². The van der Waals surface area contributed by atoms with Crippen LogP contribution in [0, 0.1) is 17.5 Å². The Morgan fingerprint density at radius 1 is 1.15 bits per heavy atom. The first kappa shape index (κ1) is 15.0. The molecule has 2 rings (SSSR count). The van der Waals surface area contributed by atoms with E-state index in [-0.39, 0.29) is 0 Å². The summed E-state index contributed by atoms with van der Waals surface area (Å²) in [5.74, 6) is -4.81. The molecule has 0 N–H and O–H groups in total. The highest BCUT2D eigenvalue weighted by Crippen LogP contribution is 2.19. The summed E-state index contributed by atoms with van der Waals surface area (Å²) in [5, 5.41) is 0. The molecule has 20 heavy (non-hydrogen) atoms. The van der Waals surface area contributed by atoms with Crippen LogP contribution in [0.25, 0.3) is 0 Å². The number of hydrogen-bond acceptors (Lipinski definition) is 3. The average molecular weight is 286 g/mol. The average Bonchev–Trinajstić information content (AvgIpc) is 2.57. The van der Waals surface area contributed by atoms with E-state index in [9.17, 15) is 18.0 Å². The molecule has 1 unspecified atom stereocenters. The van der Waals surface area contributed by atoms with Crippen molar-refractivity contribution in [1.82, 2.24) is 9.80 Å². The summed E-state index contributed by atoms with van der Waals surface area (Å²) in [6.45, 7) is 1.98. The summed E-state index contributed by atoms with van der Waals surface area (Å²) in [6, 6.07) is 1.24. The molecule has 0 aromatic heterocycles. The first-order chi connectivity index (χ1) is 9.41. The van der Waals surface area contributed by atoms with Gasteiger partial charge in [0.25, 0.3) is 0 Å². The van der Waals surface area contributed by atoms with Crippen molar-refractivity contribution in [3.63, 3.8) is 0 Å². The zero-order valence-corrected chi connectivity index (χ0v) is 11.5. The number of halogens is 3. The van der Waals surface area contributed by atoms with E-state index in [1.54, 1.807) is 7.05 Å². The predicted molar refractivity (Wildman–Crippen MR) is 69.2 cm³/mol. The Morgan fingerprint density at radius 3 is 2.55 bits per heavy atom. The number of ketones is 1. The standard InChI is InChI=1S/C14H17F3N2O/c1-18-6-3-7-19(2)11(8-18)14(20)9-4-5-10(15)13(17)12(9)16/h4-5,11H,3,6-8H2,1-2H3. The molecule has 0 amide bonds. The van der Waals surface area contributed by atoms with Gasteiger partial charge >= 0.3 is 0 Å². The van der Waals surface area contributed by atoms with Gasteiger partial charge in [0.1, 0.15) is 0 Å². The van der Waals surface area contributed by atoms with Crippen LogP contribution in [0.1, 0.15) is 16.8 Å². The highest BCUT2D eigenvalue weighted by molar-refractivity contribution is 6.00. The second-order valence-electron chi connectivity index (χ2n) is 5.20. The summed E-state index contributed by atoms with van der Waals surface area (Å²) < 4.78 is 39.9. The third kappa shape index (κ3) is 2.86. The fraction of sp³-hybridized carbons (Fsp3) is 0.500. The normalized spacial score (nSPS) is 21.8. The van der Waals surface area contributed by atoms with E-state index in [0.717, 1.165) is 25.1 Å². The molecule has 6 heteroatoms. The SMILES string of the molecule is CN1CCCN(C)C(C(=O)c2ccc(F)c(F)c2F)C1. The molecule has 110 valence electrons. The van der Waals surface area contributed by atoms with E-state index < -0.39 is 34.8 Å². The van der Waals surface area contributed by atoms with Crippen LogP contribution in [0.3, 0.4) is 0 Å². The van der Waals surface area contributed by atoms with Gasteiger partial charge < -0.3 is 4.90 Å². The Labute approximate surface area is 116 Å². The minimum atomic E-state index is -1.60. The molecule has 0 spiro atoms. The summed E-state index contributed by atoms with van der Waals surface area (Å²) in [6.07, 6.45) is 0.900. The largest absolute Gasteiger partial charge is 0.304 e. The monoisotopic (exact) mass is 286 g/mol. The second-order valence-corrected chi connectivity index (χ2v) is 5.20. The summed E-state index contributed by atoms with van der Waals surface area (Å²) in [7, 11) is 3.65. The molecule has 0 aliphatic carbocycles. The van der Waals surface area contributed by atoms with Crippen molar-refractivity contribution in [3.8, 4) is 0 Å². The van der Waals surface area contributed by atoms with Gasteiger partial charge in [-0.2, -0.15) is 0 Å². The van der Waals surface area contributed by atoms with Crippen molar-refractivity contribution in [3.05, 3.63) is 35.1 Å². The fourth-order valence-corrected chi connectivity index (χ4v) is 2.45.